The molecular weight excluding hydrogens is 402 g/mol. The maximum atomic E-state index is 12.4. The maximum Gasteiger partial charge on any atom is 0.338 e. The first-order valence-electron chi connectivity index (χ1n) is 11.7. The van der Waals surface area contributed by atoms with Gasteiger partial charge in [-0.1, -0.05) is 56.5 Å². The van der Waals surface area contributed by atoms with Crippen molar-refractivity contribution in [3.8, 4) is 11.1 Å². The largest absolute Gasteiger partial charge is 0.465 e. The number of hydrogen-bond acceptors (Lipinski definition) is 4. The van der Waals surface area contributed by atoms with Crippen LogP contribution in [0.25, 0.3) is 11.1 Å². The lowest BCUT2D eigenvalue weighted by atomic mass is 9.84. The number of ether oxygens (including phenoxy) is 1. The predicted molar refractivity (Wildman–Crippen MR) is 133 cm³/mol. The lowest BCUT2D eigenvalue weighted by Crippen LogP contribution is -2.40. The highest BCUT2D eigenvalue weighted by Crippen LogP contribution is 2.35. The Morgan fingerprint density at radius 2 is 1.87 bits per heavy atom. The van der Waals surface area contributed by atoms with E-state index in [1.807, 2.05) is 18.2 Å². The average Bonchev–Trinajstić information content (AvgIpc) is 2.81. The van der Waals surface area contributed by atoms with Gasteiger partial charge in [0.25, 0.3) is 0 Å². The number of esters is 1. The highest BCUT2D eigenvalue weighted by Gasteiger charge is 2.28. The number of methoxy groups -OCH3 is 1. The number of hydrogen-bond donors (Lipinski definition) is 1. The first kappa shape index (κ1) is 23.9. The quantitative estimate of drug-likeness (QED) is 0.445. The van der Waals surface area contributed by atoms with Gasteiger partial charge < -0.3 is 10.1 Å². The Hall–Kier alpha value is -1.78. The average molecular weight is 440 g/mol. The van der Waals surface area contributed by atoms with Gasteiger partial charge >= 0.3 is 5.97 Å². The summed E-state index contributed by atoms with van der Waals surface area (Å²) in [5.74, 6) is 1.70. The van der Waals surface area contributed by atoms with Crippen LogP contribution in [0.15, 0.2) is 42.5 Å². The van der Waals surface area contributed by atoms with Crippen LogP contribution in [-0.4, -0.2) is 30.1 Å². The Balaban J connectivity index is 1.79. The number of carbonyl (C=O) groups excluding carboxylic acids is 1. The van der Waals surface area contributed by atoms with Crippen molar-refractivity contribution in [2.75, 3.05) is 12.9 Å². The van der Waals surface area contributed by atoms with Crippen molar-refractivity contribution >= 4 is 17.7 Å². The van der Waals surface area contributed by atoms with Gasteiger partial charge in [-0.05, 0) is 72.7 Å². The molecule has 2 aromatic carbocycles. The van der Waals surface area contributed by atoms with Crippen molar-refractivity contribution in [1.82, 2.24) is 5.32 Å². The second kappa shape index (κ2) is 11.7. The standard InChI is InChI=1S/C27H37NO2S/c1-5-31-26(22-12-7-6-8-13-22)20(3)28-18-21-15-16-24(27(29)30-4)25(17-21)23-14-10-9-11-19(23)2/h9-11,14-17,20,22,26,28H,5-8,12-13,18H2,1-4H3. The molecule has 0 amide bonds. The number of thioether (sulfide) groups is 1. The van der Waals surface area contributed by atoms with Gasteiger partial charge in [0.2, 0.25) is 0 Å². The van der Waals surface area contributed by atoms with E-state index in [9.17, 15) is 4.79 Å². The van der Waals surface area contributed by atoms with Gasteiger partial charge in [-0.3, -0.25) is 0 Å². The Kier molecular flexibility index (Phi) is 9.03. The van der Waals surface area contributed by atoms with Gasteiger partial charge in [-0.15, -0.1) is 0 Å². The van der Waals surface area contributed by atoms with Gasteiger partial charge in [0, 0.05) is 17.8 Å². The third-order valence-electron chi connectivity index (χ3n) is 6.52. The summed E-state index contributed by atoms with van der Waals surface area (Å²) in [4.78, 5) is 12.4. The topological polar surface area (TPSA) is 38.3 Å². The molecule has 3 rings (SSSR count). The van der Waals surface area contributed by atoms with Crippen molar-refractivity contribution in [2.45, 2.75) is 70.7 Å². The van der Waals surface area contributed by atoms with E-state index in [4.69, 9.17) is 4.74 Å². The second-order valence-electron chi connectivity index (χ2n) is 8.67. The van der Waals surface area contributed by atoms with Gasteiger partial charge in [0.1, 0.15) is 0 Å². The fourth-order valence-electron chi connectivity index (χ4n) is 4.83. The molecule has 0 spiro atoms. The molecule has 2 atom stereocenters. The third kappa shape index (κ3) is 6.14. The molecule has 2 unspecified atom stereocenters. The molecule has 0 bridgehead atoms. The van der Waals surface area contributed by atoms with Crippen molar-refractivity contribution in [1.29, 1.82) is 0 Å². The highest BCUT2D eigenvalue weighted by molar-refractivity contribution is 7.99. The minimum atomic E-state index is -0.289. The fourth-order valence-corrected chi connectivity index (χ4v) is 6.14. The fraction of sp³-hybridized carbons (Fsp3) is 0.519. The van der Waals surface area contributed by atoms with Gasteiger partial charge in [-0.2, -0.15) is 11.8 Å². The van der Waals surface area contributed by atoms with Crippen LogP contribution < -0.4 is 5.32 Å². The summed E-state index contributed by atoms with van der Waals surface area (Å²) in [5.41, 5.74) is 5.00. The van der Waals surface area contributed by atoms with E-state index in [0.717, 1.165) is 29.2 Å². The molecule has 0 radical (unpaired) electrons. The molecule has 1 aliphatic rings. The molecule has 3 nitrogen and oxygen atoms in total. The van der Waals surface area contributed by atoms with E-state index in [1.165, 1.54) is 50.5 Å². The molecule has 1 aliphatic carbocycles. The van der Waals surface area contributed by atoms with Crippen LogP contribution in [0.5, 0.6) is 0 Å². The second-order valence-corrected chi connectivity index (χ2v) is 10.1. The molecule has 0 aromatic heterocycles. The molecule has 1 saturated carbocycles. The highest BCUT2D eigenvalue weighted by atomic mass is 32.2. The number of aryl methyl sites for hydroxylation is 1. The normalized spacial score (nSPS) is 16.6. The van der Waals surface area contributed by atoms with Crippen molar-refractivity contribution in [2.24, 2.45) is 5.92 Å². The lowest BCUT2D eigenvalue weighted by molar-refractivity contribution is 0.0601. The summed E-state index contributed by atoms with van der Waals surface area (Å²) in [6.45, 7) is 7.50. The van der Waals surface area contributed by atoms with Crippen LogP contribution >= 0.6 is 11.8 Å². The summed E-state index contributed by atoms with van der Waals surface area (Å²) >= 11 is 2.11. The van der Waals surface area contributed by atoms with Gasteiger partial charge in [0.15, 0.2) is 0 Å². The van der Waals surface area contributed by atoms with E-state index >= 15 is 0 Å². The summed E-state index contributed by atoms with van der Waals surface area (Å²) in [6.07, 6.45) is 6.90. The zero-order chi connectivity index (χ0) is 22.2. The molecule has 1 fully saturated rings. The predicted octanol–water partition coefficient (Wildman–Crippen LogP) is 6.63. The van der Waals surface area contributed by atoms with E-state index in [1.54, 1.807) is 0 Å². The molecule has 0 saturated heterocycles. The SMILES string of the molecule is CCSC(C1CCCCC1)C(C)NCc1ccc(C(=O)OC)c(-c2ccccc2C)c1. The van der Waals surface area contributed by atoms with Crippen LogP contribution in [0.2, 0.25) is 0 Å². The first-order valence-corrected chi connectivity index (χ1v) is 12.7. The lowest BCUT2D eigenvalue weighted by Gasteiger charge is -2.34. The maximum absolute atomic E-state index is 12.4. The smallest absolute Gasteiger partial charge is 0.338 e. The molecule has 168 valence electrons. The molecule has 4 heteroatoms. The monoisotopic (exact) mass is 439 g/mol. The summed E-state index contributed by atoms with van der Waals surface area (Å²) in [5, 5.41) is 4.46. The van der Waals surface area contributed by atoms with Crippen LogP contribution in [0.4, 0.5) is 0 Å². The van der Waals surface area contributed by atoms with Crippen LogP contribution in [0.1, 0.15) is 67.4 Å². The Morgan fingerprint density at radius 3 is 2.55 bits per heavy atom. The zero-order valence-electron chi connectivity index (χ0n) is 19.4. The van der Waals surface area contributed by atoms with Crippen LogP contribution in [-0.2, 0) is 11.3 Å². The van der Waals surface area contributed by atoms with Crippen LogP contribution in [0.3, 0.4) is 0 Å². The Morgan fingerprint density at radius 1 is 1.13 bits per heavy atom. The summed E-state index contributed by atoms with van der Waals surface area (Å²) in [6, 6.07) is 14.8. The van der Waals surface area contributed by atoms with E-state index in [2.05, 4.69) is 62.1 Å². The number of rotatable bonds is 9. The Labute approximate surface area is 192 Å². The number of carbonyl (C=O) groups is 1. The van der Waals surface area contributed by atoms with Crippen molar-refractivity contribution < 1.29 is 9.53 Å². The van der Waals surface area contributed by atoms with Gasteiger partial charge in [-0.25, -0.2) is 4.79 Å². The minimum Gasteiger partial charge on any atom is -0.465 e. The van der Waals surface area contributed by atoms with Gasteiger partial charge in [0.05, 0.1) is 12.7 Å². The molecule has 0 aliphatic heterocycles. The number of nitrogens with one attached hydrogen (secondary N) is 1. The first-order chi connectivity index (χ1) is 15.0. The van der Waals surface area contributed by atoms with E-state index in [-0.39, 0.29) is 5.97 Å². The van der Waals surface area contributed by atoms with Crippen molar-refractivity contribution in [3.63, 3.8) is 0 Å². The van der Waals surface area contributed by atoms with E-state index < -0.39 is 0 Å². The summed E-state index contributed by atoms with van der Waals surface area (Å²) in [7, 11) is 1.44. The Bertz CT molecular complexity index is 860. The zero-order valence-corrected chi connectivity index (χ0v) is 20.3. The minimum absolute atomic E-state index is 0.289. The molecule has 1 N–H and O–H groups in total. The van der Waals surface area contributed by atoms with Crippen LogP contribution in [0, 0.1) is 12.8 Å². The molecule has 0 heterocycles. The number of benzene rings is 2. The third-order valence-corrected chi connectivity index (χ3v) is 8.03. The van der Waals surface area contributed by atoms with Crippen molar-refractivity contribution in [3.05, 3.63) is 59.2 Å². The molecule has 2 aromatic rings. The summed E-state index contributed by atoms with van der Waals surface area (Å²) < 4.78 is 5.04. The van der Waals surface area contributed by atoms with E-state index in [0.29, 0.717) is 16.9 Å². The molecular formula is C27H37NO2S. The molecule has 31 heavy (non-hydrogen) atoms.